The zero-order chi connectivity index (χ0) is 16.7. The molecule has 0 aliphatic carbocycles. The monoisotopic (exact) mass is 343 g/mol. The largest absolute Gasteiger partial charge is 0.335 e. The second kappa shape index (κ2) is 5.91. The summed E-state index contributed by atoms with van der Waals surface area (Å²) in [7, 11) is 0. The van der Waals surface area contributed by atoms with Crippen molar-refractivity contribution in [3.8, 4) is 11.1 Å². The molecule has 2 aromatic heterocycles. The van der Waals surface area contributed by atoms with Crippen molar-refractivity contribution in [2.45, 2.75) is 12.7 Å². The second-order valence-corrected chi connectivity index (χ2v) is 6.37. The molecule has 3 heterocycles. The quantitative estimate of drug-likeness (QED) is 0.729. The maximum Gasteiger partial charge on any atom is 0.242 e. The highest BCUT2D eigenvalue weighted by Gasteiger charge is 2.30. The van der Waals surface area contributed by atoms with Gasteiger partial charge in [0.15, 0.2) is 0 Å². The van der Waals surface area contributed by atoms with Gasteiger partial charge in [-0.25, -0.2) is 4.39 Å². The fourth-order valence-corrected chi connectivity index (χ4v) is 3.18. The zero-order valence-electron chi connectivity index (χ0n) is 12.8. The van der Waals surface area contributed by atoms with Crippen LogP contribution < -0.4 is 0 Å². The molecule has 1 aromatic carbocycles. The van der Waals surface area contributed by atoms with Gasteiger partial charge in [0.1, 0.15) is 18.2 Å². The Balaban J connectivity index is 1.69. The van der Waals surface area contributed by atoms with Gasteiger partial charge < -0.3 is 9.47 Å². The van der Waals surface area contributed by atoms with Crippen molar-refractivity contribution in [2.24, 2.45) is 0 Å². The average molecular weight is 344 g/mol. The highest BCUT2D eigenvalue weighted by atomic mass is 35.5. The van der Waals surface area contributed by atoms with Crippen LogP contribution in [0.25, 0.3) is 22.2 Å². The Morgan fingerprint density at radius 2 is 2.00 bits per heavy atom. The van der Waals surface area contributed by atoms with Gasteiger partial charge in [-0.1, -0.05) is 41.9 Å². The van der Waals surface area contributed by atoms with Crippen LogP contribution in [0.5, 0.6) is 0 Å². The fraction of sp³-hybridized carbons (Fsp3) is 0.222. The third-order valence-corrected chi connectivity index (χ3v) is 4.55. The molecule has 0 saturated carbocycles. The van der Waals surface area contributed by atoms with Gasteiger partial charge in [0.25, 0.3) is 0 Å². The number of likely N-dealkylation sites (tertiary alicyclic amines) is 1. The molecule has 24 heavy (non-hydrogen) atoms. The molecule has 0 N–H and O–H groups in total. The van der Waals surface area contributed by atoms with Crippen molar-refractivity contribution in [1.82, 2.24) is 14.5 Å². The Labute approximate surface area is 143 Å². The van der Waals surface area contributed by atoms with E-state index < -0.39 is 6.17 Å². The number of rotatable bonds is 3. The van der Waals surface area contributed by atoms with Gasteiger partial charge in [0.2, 0.25) is 5.91 Å². The van der Waals surface area contributed by atoms with Gasteiger partial charge in [-0.05, 0) is 11.6 Å². The van der Waals surface area contributed by atoms with E-state index in [-0.39, 0.29) is 25.5 Å². The molecule has 0 spiro atoms. The maximum absolute atomic E-state index is 12.9. The minimum Gasteiger partial charge on any atom is -0.335 e. The van der Waals surface area contributed by atoms with Crippen molar-refractivity contribution in [2.75, 3.05) is 13.1 Å². The summed E-state index contributed by atoms with van der Waals surface area (Å²) in [5.74, 6) is -0.109. The minimum atomic E-state index is -0.898. The minimum absolute atomic E-state index is 0.109. The molecule has 0 unspecified atom stereocenters. The van der Waals surface area contributed by atoms with Crippen LogP contribution in [0, 0.1) is 0 Å². The van der Waals surface area contributed by atoms with Gasteiger partial charge in [0.05, 0.1) is 23.6 Å². The van der Waals surface area contributed by atoms with Gasteiger partial charge in [0, 0.05) is 18.0 Å². The summed E-state index contributed by atoms with van der Waals surface area (Å²) in [5, 5.41) is 0.504. The molecule has 0 bridgehead atoms. The lowest BCUT2D eigenvalue weighted by Gasteiger charge is -2.34. The van der Waals surface area contributed by atoms with Gasteiger partial charge in [-0.15, -0.1) is 0 Å². The summed E-state index contributed by atoms with van der Waals surface area (Å²) in [5.41, 5.74) is 3.47. The number of hydrogen-bond donors (Lipinski definition) is 0. The Hall–Kier alpha value is -2.40. The normalized spacial score (nSPS) is 14.8. The predicted molar refractivity (Wildman–Crippen MR) is 91.7 cm³/mol. The average Bonchev–Trinajstić information content (AvgIpc) is 2.88. The Morgan fingerprint density at radius 1 is 1.25 bits per heavy atom. The summed E-state index contributed by atoms with van der Waals surface area (Å²) in [6.45, 7) is 0.494. The molecule has 6 heteroatoms. The van der Waals surface area contributed by atoms with Crippen LogP contribution in [0.3, 0.4) is 0 Å². The van der Waals surface area contributed by atoms with Crippen LogP contribution in [-0.4, -0.2) is 39.6 Å². The lowest BCUT2D eigenvalue weighted by molar-refractivity contribution is -0.138. The van der Waals surface area contributed by atoms with E-state index in [0.717, 1.165) is 16.6 Å². The van der Waals surface area contributed by atoms with E-state index in [1.807, 2.05) is 36.4 Å². The molecular formula is C18H15ClFN3O. The van der Waals surface area contributed by atoms with Crippen molar-refractivity contribution in [3.05, 3.63) is 53.8 Å². The SMILES string of the molecule is O=C(Cn1cc(Cl)c2ncc(-c3ccccc3)cc21)N1CC(F)C1. The molecule has 3 aromatic rings. The third-order valence-electron chi connectivity index (χ3n) is 4.27. The van der Waals surface area contributed by atoms with E-state index in [0.29, 0.717) is 10.5 Å². The number of benzene rings is 1. The Kier molecular flexibility index (Phi) is 3.73. The van der Waals surface area contributed by atoms with Gasteiger partial charge >= 0.3 is 0 Å². The molecule has 1 fully saturated rings. The number of amides is 1. The number of aromatic nitrogens is 2. The van der Waals surface area contributed by atoms with E-state index in [4.69, 9.17) is 11.6 Å². The van der Waals surface area contributed by atoms with Gasteiger partial charge in [-0.3, -0.25) is 9.78 Å². The molecular weight excluding hydrogens is 329 g/mol. The Morgan fingerprint density at radius 3 is 2.71 bits per heavy atom. The number of pyridine rings is 1. The molecule has 4 nitrogen and oxygen atoms in total. The highest BCUT2D eigenvalue weighted by Crippen LogP contribution is 2.28. The number of alkyl halides is 1. The summed E-state index contributed by atoms with van der Waals surface area (Å²) in [6.07, 6.45) is 2.59. The van der Waals surface area contributed by atoms with Crippen LogP contribution >= 0.6 is 11.6 Å². The van der Waals surface area contributed by atoms with E-state index in [2.05, 4.69) is 4.98 Å². The van der Waals surface area contributed by atoms with Gasteiger partial charge in [-0.2, -0.15) is 0 Å². The topological polar surface area (TPSA) is 38.1 Å². The first kappa shape index (κ1) is 15.1. The van der Waals surface area contributed by atoms with Crippen LogP contribution in [0.15, 0.2) is 48.8 Å². The van der Waals surface area contributed by atoms with E-state index in [9.17, 15) is 9.18 Å². The number of nitrogens with zero attached hydrogens (tertiary/aromatic N) is 3. The van der Waals surface area contributed by atoms with Crippen molar-refractivity contribution >= 4 is 28.5 Å². The molecule has 122 valence electrons. The fourth-order valence-electron chi connectivity index (χ4n) is 2.92. The smallest absolute Gasteiger partial charge is 0.242 e. The van der Waals surface area contributed by atoms with E-state index in [1.54, 1.807) is 17.0 Å². The lowest BCUT2D eigenvalue weighted by Crippen LogP contribution is -2.52. The summed E-state index contributed by atoms with van der Waals surface area (Å²) >= 11 is 6.24. The first-order valence-corrected chi connectivity index (χ1v) is 8.11. The van der Waals surface area contributed by atoms with E-state index >= 15 is 0 Å². The number of halogens is 2. The number of carbonyl (C=O) groups is 1. The zero-order valence-corrected chi connectivity index (χ0v) is 13.6. The van der Waals surface area contributed by atoms with Crippen molar-refractivity contribution in [1.29, 1.82) is 0 Å². The first-order valence-electron chi connectivity index (χ1n) is 7.73. The lowest BCUT2D eigenvalue weighted by atomic mass is 10.1. The van der Waals surface area contributed by atoms with Crippen molar-refractivity contribution < 1.29 is 9.18 Å². The third kappa shape index (κ3) is 2.65. The molecule has 1 aliphatic rings. The van der Waals surface area contributed by atoms with Crippen molar-refractivity contribution in [3.63, 3.8) is 0 Å². The standard InChI is InChI=1S/C18H15ClFN3O/c19-15-10-22(11-17(24)23-8-14(20)9-23)16-6-13(7-21-18(15)16)12-4-2-1-3-5-12/h1-7,10,14H,8-9,11H2. The first-order chi connectivity index (χ1) is 11.6. The van der Waals surface area contributed by atoms with Crippen LogP contribution in [0.4, 0.5) is 4.39 Å². The Bertz CT molecular complexity index is 903. The van der Waals surface area contributed by atoms with E-state index in [1.165, 1.54) is 4.90 Å². The van der Waals surface area contributed by atoms with Crippen LogP contribution in [0.2, 0.25) is 5.02 Å². The number of fused-ring (bicyclic) bond motifs is 1. The molecule has 0 radical (unpaired) electrons. The number of carbonyl (C=O) groups excluding carboxylic acids is 1. The second-order valence-electron chi connectivity index (χ2n) is 5.96. The number of hydrogen-bond acceptors (Lipinski definition) is 2. The predicted octanol–water partition coefficient (Wildman–Crippen LogP) is 3.54. The molecule has 4 rings (SSSR count). The summed E-state index contributed by atoms with van der Waals surface area (Å²) in [4.78, 5) is 18.2. The van der Waals surface area contributed by atoms with Crippen LogP contribution in [0.1, 0.15) is 0 Å². The van der Waals surface area contributed by atoms with Crippen LogP contribution in [-0.2, 0) is 11.3 Å². The molecule has 1 amide bonds. The molecule has 1 aliphatic heterocycles. The molecule has 0 atom stereocenters. The summed E-state index contributed by atoms with van der Waals surface area (Å²) in [6, 6.07) is 11.9. The summed E-state index contributed by atoms with van der Waals surface area (Å²) < 4.78 is 14.7. The molecule has 1 saturated heterocycles. The highest BCUT2D eigenvalue weighted by molar-refractivity contribution is 6.35. The maximum atomic E-state index is 12.9.